The van der Waals surface area contributed by atoms with Gasteiger partial charge in [0.05, 0.1) is 18.3 Å². The Labute approximate surface area is 212 Å². The summed E-state index contributed by atoms with van der Waals surface area (Å²) >= 11 is 5.99. The van der Waals surface area contributed by atoms with Crippen molar-refractivity contribution in [1.29, 1.82) is 0 Å². The maximum Gasteiger partial charge on any atom is 0.217 e. The van der Waals surface area contributed by atoms with Gasteiger partial charge in [0.2, 0.25) is 5.91 Å². The van der Waals surface area contributed by atoms with Crippen molar-refractivity contribution >= 4 is 17.5 Å². The van der Waals surface area contributed by atoms with Crippen LogP contribution >= 0.6 is 11.6 Å². The van der Waals surface area contributed by atoms with Gasteiger partial charge in [0.1, 0.15) is 17.2 Å². The van der Waals surface area contributed by atoms with Crippen LogP contribution in [0, 0.1) is 11.2 Å². The summed E-state index contributed by atoms with van der Waals surface area (Å²) in [7, 11) is 0. The number of hydrogen-bond acceptors (Lipinski definition) is 5. The van der Waals surface area contributed by atoms with Crippen LogP contribution in [-0.2, 0) is 17.6 Å². The number of pyridine rings is 1. The molecule has 0 fully saturated rings. The number of nitrogens with zero attached hydrogens (tertiary/aromatic N) is 1. The first kappa shape index (κ1) is 27.4. The largest absolute Gasteiger partial charge is 0.486 e. The molecule has 0 saturated heterocycles. The van der Waals surface area contributed by atoms with Crippen molar-refractivity contribution in [3.63, 3.8) is 0 Å². The standard InChI is InChI=1S/C27H37ClFN3O3/c1-16(33)32-22(9-17-7-18(28)10-19(29)8-17)24(34)14-31-23-13-27(5,6)35-25-15-30-20(11-21(23)25)12-26(2,3)4/h7-8,10-11,15,22-24,31,34H,9,12-14H2,1-6H3,(H,32,33)/t22-,23-,24+/m0/s1. The second-order valence-electron chi connectivity index (χ2n) is 11.3. The molecule has 1 amide bonds. The molecule has 3 atom stereocenters. The van der Waals surface area contributed by atoms with Gasteiger partial charge in [-0.25, -0.2) is 4.39 Å². The molecule has 8 heteroatoms. The van der Waals surface area contributed by atoms with E-state index in [1.54, 1.807) is 12.3 Å². The van der Waals surface area contributed by atoms with Gasteiger partial charge in [-0.1, -0.05) is 32.4 Å². The van der Waals surface area contributed by atoms with Crippen molar-refractivity contribution in [2.24, 2.45) is 5.41 Å². The number of nitrogens with one attached hydrogen (secondary N) is 2. The molecule has 192 valence electrons. The number of amides is 1. The third-order valence-electron chi connectivity index (χ3n) is 5.93. The zero-order chi connectivity index (χ0) is 26.0. The maximum absolute atomic E-state index is 13.8. The number of fused-ring (bicyclic) bond motifs is 1. The monoisotopic (exact) mass is 505 g/mol. The Morgan fingerprint density at radius 3 is 2.66 bits per heavy atom. The minimum absolute atomic E-state index is 0.0632. The normalized spacial score (nSPS) is 18.8. The summed E-state index contributed by atoms with van der Waals surface area (Å²) in [6.07, 6.45) is 2.66. The van der Waals surface area contributed by atoms with Crippen LogP contribution in [0.25, 0.3) is 0 Å². The molecule has 35 heavy (non-hydrogen) atoms. The molecule has 0 saturated carbocycles. The number of carbonyl (C=O) groups is 1. The molecule has 0 unspecified atom stereocenters. The molecular weight excluding hydrogens is 469 g/mol. The predicted octanol–water partition coefficient (Wildman–Crippen LogP) is 4.76. The summed E-state index contributed by atoms with van der Waals surface area (Å²) < 4.78 is 20.0. The average molecular weight is 506 g/mol. The lowest BCUT2D eigenvalue weighted by Crippen LogP contribution is -2.49. The van der Waals surface area contributed by atoms with Crippen LogP contribution in [0.4, 0.5) is 4.39 Å². The van der Waals surface area contributed by atoms with E-state index >= 15 is 0 Å². The second-order valence-corrected chi connectivity index (χ2v) is 11.8. The van der Waals surface area contributed by atoms with Crippen LogP contribution in [0.1, 0.15) is 70.8 Å². The quantitative estimate of drug-likeness (QED) is 0.481. The van der Waals surface area contributed by atoms with Crippen LogP contribution in [0.5, 0.6) is 5.75 Å². The van der Waals surface area contributed by atoms with E-state index in [0.29, 0.717) is 12.0 Å². The summed E-state index contributed by atoms with van der Waals surface area (Å²) in [4.78, 5) is 16.4. The Bertz CT molecular complexity index is 1030. The fourth-order valence-electron chi connectivity index (χ4n) is 4.56. The SMILES string of the molecule is CC(=O)N[C@@H](Cc1cc(F)cc(Cl)c1)[C@H](O)CN[C@H]1CC(C)(C)Oc2cnc(CC(C)(C)C)cc21. The number of aromatic nitrogens is 1. The molecule has 6 nitrogen and oxygen atoms in total. The van der Waals surface area contributed by atoms with Crippen LogP contribution in [0.3, 0.4) is 0 Å². The molecule has 1 aliphatic rings. The number of carbonyl (C=O) groups excluding carboxylic acids is 1. The number of benzene rings is 1. The number of halogens is 2. The zero-order valence-electron chi connectivity index (χ0n) is 21.4. The molecule has 1 aromatic heterocycles. The summed E-state index contributed by atoms with van der Waals surface area (Å²) in [6.45, 7) is 12.2. The summed E-state index contributed by atoms with van der Waals surface area (Å²) in [6, 6.07) is 5.64. The van der Waals surface area contributed by atoms with E-state index in [2.05, 4.69) is 42.5 Å². The highest BCUT2D eigenvalue weighted by Gasteiger charge is 2.35. The summed E-state index contributed by atoms with van der Waals surface area (Å²) in [5, 5.41) is 17.6. The number of aliphatic hydroxyl groups excluding tert-OH is 1. The highest BCUT2D eigenvalue weighted by molar-refractivity contribution is 6.30. The molecular formula is C27H37ClFN3O3. The van der Waals surface area contributed by atoms with Crippen molar-refractivity contribution < 1.29 is 19.0 Å². The van der Waals surface area contributed by atoms with Gasteiger partial charge in [-0.2, -0.15) is 0 Å². The van der Waals surface area contributed by atoms with Crippen LogP contribution in [0.15, 0.2) is 30.5 Å². The molecule has 0 aliphatic carbocycles. The third-order valence-corrected chi connectivity index (χ3v) is 6.15. The first-order chi connectivity index (χ1) is 16.2. The van der Waals surface area contributed by atoms with E-state index < -0.39 is 23.6 Å². The fraction of sp³-hybridized carbons (Fsp3) is 0.556. The van der Waals surface area contributed by atoms with Gasteiger partial charge in [-0.15, -0.1) is 0 Å². The van der Waals surface area contributed by atoms with E-state index in [9.17, 15) is 14.3 Å². The Morgan fingerprint density at radius 1 is 1.31 bits per heavy atom. The fourth-order valence-corrected chi connectivity index (χ4v) is 4.80. The van der Waals surface area contributed by atoms with Crippen molar-refractivity contribution in [3.05, 3.63) is 58.1 Å². The molecule has 3 N–H and O–H groups in total. The Morgan fingerprint density at radius 2 is 2.03 bits per heavy atom. The number of aliphatic hydroxyl groups is 1. The lowest BCUT2D eigenvalue weighted by atomic mass is 9.87. The van der Waals surface area contributed by atoms with E-state index in [1.807, 2.05) is 13.8 Å². The summed E-state index contributed by atoms with van der Waals surface area (Å²) in [5.41, 5.74) is 2.30. The van der Waals surface area contributed by atoms with Gasteiger partial charge in [0.15, 0.2) is 0 Å². The average Bonchev–Trinajstić information content (AvgIpc) is 2.69. The predicted molar refractivity (Wildman–Crippen MR) is 136 cm³/mol. The Kier molecular flexibility index (Phi) is 8.45. The number of hydrogen-bond donors (Lipinski definition) is 3. The van der Waals surface area contributed by atoms with Crippen molar-refractivity contribution in [2.75, 3.05) is 6.54 Å². The minimum atomic E-state index is -0.911. The molecule has 1 aliphatic heterocycles. The second kappa shape index (κ2) is 10.8. The van der Waals surface area contributed by atoms with Gasteiger partial charge in [0.25, 0.3) is 0 Å². The first-order valence-electron chi connectivity index (χ1n) is 12.0. The summed E-state index contributed by atoms with van der Waals surface area (Å²) in [5.74, 6) is 0.00751. The molecule has 0 spiro atoms. The van der Waals surface area contributed by atoms with E-state index in [1.165, 1.54) is 19.1 Å². The van der Waals surface area contributed by atoms with Crippen molar-refractivity contribution in [2.45, 2.75) is 84.6 Å². The van der Waals surface area contributed by atoms with Gasteiger partial charge in [-0.3, -0.25) is 9.78 Å². The molecule has 0 radical (unpaired) electrons. The number of rotatable bonds is 8. The van der Waals surface area contributed by atoms with Crippen LogP contribution < -0.4 is 15.4 Å². The van der Waals surface area contributed by atoms with E-state index in [-0.39, 0.29) is 35.4 Å². The zero-order valence-corrected chi connectivity index (χ0v) is 22.2. The van der Waals surface area contributed by atoms with Gasteiger partial charge in [-0.05, 0) is 61.9 Å². The van der Waals surface area contributed by atoms with Crippen molar-refractivity contribution in [1.82, 2.24) is 15.6 Å². The lowest BCUT2D eigenvalue weighted by Gasteiger charge is -2.38. The van der Waals surface area contributed by atoms with Gasteiger partial charge >= 0.3 is 0 Å². The van der Waals surface area contributed by atoms with Crippen LogP contribution in [-0.4, -0.2) is 40.3 Å². The van der Waals surface area contributed by atoms with Gasteiger partial charge in [0, 0.05) is 42.2 Å². The number of ether oxygens (including phenoxy) is 1. The third kappa shape index (κ3) is 8.16. The molecule has 1 aromatic carbocycles. The lowest BCUT2D eigenvalue weighted by molar-refractivity contribution is -0.120. The molecule has 2 aromatic rings. The minimum Gasteiger partial charge on any atom is -0.486 e. The van der Waals surface area contributed by atoms with Crippen LogP contribution in [0.2, 0.25) is 5.02 Å². The smallest absolute Gasteiger partial charge is 0.217 e. The highest BCUT2D eigenvalue weighted by Crippen LogP contribution is 2.40. The van der Waals surface area contributed by atoms with Gasteiger partial charge < -0.3 is 20.5 Å². The van der Waals surface area contributed by atoms with E-state index in [0.717, 1.165) is 23.4 Å². The molecule has 3 rings (SSSR count). The Balaban J connectivity index is 1.77. The molecule has 2 heterocycles. The molecule has 0 bridgehead atoms. The Hall–Kier alpha value is -2.22. The van der Waals surface area contributed by atoms with Crippen molar-refractivity contribution in [3.8, 4) is 5.75 Å². The highest BCUT2D eigenvalue weighted by atomic mass is 35.5. The van der Waals surface area contributed by atoms with E-state index in [4.69, 9.17) is 16.3 Å². The topological polar surface area (TPSA) is 83.5 Å². The maximum atomic E-state index is 13.8. The first-order valence-corrected chi connectivity index (χ1v) is 12.4.